The number of nitrogens with zero attached hydrogens (tertiary/aromatic N) is 2. The predicted octanol–water partition coefficient (Wildman–Crippen LogP) is 7.99. The van der Waals surface area contributed by atoms with Gasteiger partial charge < -0.3 is 9.15 Å². The summed E-state index contributed by atoms with van der Waals surface area (Å²) in [6.45, 7) is 0. The molecule has 0 unspecified atom stereocenters. The molecule has 4 aromatic carbocycles. The van der Waals surface area contributed by atoms with Crippen molar-refractivity contribution in [2.24, 2.45) is 4.99 Å². The van der Waals surface area contributed by atoms with Crippen LogP contribution in [0.25, 0.3) is 22.6 Å². The standard InChI is InChI=1S/C27H16Br2N2O3/c28-19-5-3-4-18(14-19)27(32)33-21-11-8-17(9-12-21)16-30-20-10-13-25-24(15-20)31-26(34-25)22-6-1-2-7-23(22)29/h1-16H. The number of ether oxygens (including phenoxy) is 1. The Labute approximate surface area is 212 Å². The highest BCUT2D eigenvalue weighted by atomic mass is 79.9. The van der Waals surface area contributed by atoms with E-state index in [-0.39, 0.29) is 0 Å². The lowest BCUT2D eigenvalue weighted by atomic mass is 10.2. The van der Waals surface area contributed by atoms with E-state index in [9.17, 15) is 4.79 Å². The number of aromatic nitrogens is 1. The van der Waals surface area contributed by atoms with Gasteiger partial charge in [-0.3, -0.25) is 4.99 Å². The van der Waals surface area contributed by atoms with Crippen molar-refractivity contribution in [2.45, 2.75) is 0 Å². The molecular formula is C27H16Br2N2O3. The summed E-state index contributed by atoms with van der Waals surface area (Å²) in [6.07, 6.45) is 1.75. The molecule has 0 saturated heterocycles. The summed E-state index contributed by atoms with van der Waals surface area (Å²) in [5.41, 5.74) is 4.42. The first kappa shape index (κ1) is 22.3. The lowest BCUT2D eigenvalue weighted by Gasteiger charge is -2.05. The maximum absolute atomic E-state index is 12.3. The van der Waals surface area contributed by atoms with Crippen molar-refractivity contribution in [3.63, 3.8) is 0 Å². The van der Waals surface area contributed by atoms with E-state index in [1.54, 1.807) is 36.5 Å². The highest BCUT2D eigenvalue weighted by Crippen LogP contribution is 2.31. The first-order valence-corrected chi connectivity index (χ1v) is 11.9. The van der Waals surface area contributed by atoms with Gasteiger partial charge in [0.05, 0.1) is 16.8 Å². The lowest BCUT2D eigenvalue weighted by Crippen LogP contribution is -2.08. The second kappa shape index (κ2) is 9.75. The number of esters is 1. The predicted molar refractivity (Wildman–Crippen MR) is 140 cm³/mol. The first-order chi connectivity index (χ1) is 16.5. The number of benzene rings is 4. The van der Waals surface area contributed by atoms with Gasteiger partial charge >= 0.3 is 5.97 Å². The summed E-state index contributed by atoms with van der Waals surface area (Å²) in [6, 6.07) is 27.6. The highest BCUT2D eigenvalue weighted by molar-refractivity contribution is 9.10. The fraction of sp³-hybridized carbons (Fsp3) is 0. The van der Waals surface area contributed by atoms with Gasteiger partial charge in [-0.05, 0) is 94.3 Å². The Balaban J connectivity index is 1.29. The fourth-order valence-corrected chi connectivity index (χ4v) is 4.15. The molecule has 0 spiro atoms. The van der Waals surface area contributed by atoms with E-state index >= 15 is 0 Å². The van der Waals surface area contributed by atoms with Crippen LogP contribution in [-0.4, -0.2) is 17.2 Å². The average molecular weight is 576 g/mol. The van der Waals surface area contributed by atoms with Gasteiger partial charge in [0, 0.05) is 15.2 Å². The van der Waals surface area contributed by atoms with Crippen LogP contribution in [0.15, 0.2) is 109 Å². The maximum Gasteiger partial charge on any atom is 0.343 e. The summed E-state index contributed by atoms with van der Waals surface area (Å²) >= 11 is 6.89. The van der Waals surface area contributed by atoms with E-state index in [0.29, 0.717) is 22.8 Å². The van der Waals surface area contributed by atoms with Gasteiger partial charge in [-0.25, -0.2) is 9.78 Å². The Morgan fingerprint density at radius 3 is 2.53 bits per heavy atom. The van der Waals surface area contributed by atoms with Crippen LogP contribution in [0.5, 0.6) is 5.75 Å². The van der Waals surface area contributed by atoms with Gasteiger partial charge in [0.1, 0.15) is 11.3 Å². The van der Waals surface area contributed by atoms with E-state index in [0.717, 1.165) is 31.3 Å². The van der Waals surface area contributed by atoms with Crippen LogP contribution in [0.1, 0.15) is 15.9 Å². The van der Waals surface area contributed by atoms with Crippen molar-refractivity contribution < 1.29 is 13.9 Å². The van der Waals surface area contributed by atoms with Crippen LogP contribution in [0.4, 0.5) is 5.69 Å². The number of hydrogen-bond acceptors (Lipinski definition) is 5. The SMILES string of the molecule is O=C(Oc1ccc(C=Nc2ccc3oc(-c4ccccc4Br)nc3c2)cc1)c1cccc(Br)c1. The van der Waals surface area contributed by atoms with Crippen LogP contribution in [0.2, 0.25) is 0 Å². The second-order valence-corrected chi connectivity index (χ2v) is 9.15. The Kier molecular flexibility index (Phi) is 6.38. The number of rotatable bonds is 5. The van der Waals surface area contributed by atoms with Crippen molar-refractivity contribution in [1.29, 1.82) is 0 Å². The molecule has 0 atom stereocenters. The van der Waals surface area contributed by atoms with Crippen LogP contribution in [-0.2, 0) is 0 Å². The van der Waals surface area contributed by atoms with Gasteiger partial charge in [0.2, 0.25) is 5.89 Å². The molecular weight excluding hydrogens is 560 g/mol. The quantitative estimate of drug-likeness (QED) is 0.121. The number of carbonyl (C=O) groups excluding carboxylic acids is 1. The lowest BCUT2D eigenvalue weighted by molar-refractivity contribution is 0.0734. The molecule has 0 radical (unpaired) electrons. The molecule has 5 nitrogen and oxygen atoms in total. The normalized spacial score (nSPS) is 11.2. The third-order valence-corrected chi connectivity index (χ3v) is 6.17. The molecule has 7 heteroatoms. The molecule has 1 aromatic heterocycles. The third kappa shape index (κ3) is 5.00. The molecule has 0 N–H and O–H groups in total. The monoisotopic (exact) mass is 574 g/mol. The Hall–Kier alpha value is -3.55. The number of halogens is 2. The average Bonchev–Trinajstić information content (AvgIpc) is 3.27. The molecule has 0 aliphatic carbocycles. The zero-order valence-corrected chi connectivity index (χ0v) is 20.8. The number of aliphatic imine (C=N–C) groups is 1. The minimum Gasteiger partial charge on any atom is -0.436 e. The molecule has 166 valence electrons. The number of hydrogen-bond donors (Lipinski definition) is 0. The van der Waals surface area contributed by atoms with Crippen molar-refractivity contribution in [2.75, 3.05) is 0 Å². The highest BCUT2D eigenvalue weighted by Gasteiger charge is 2.11. The molecule has 0 fully saturated rings. The molecule has 1 heterocycles. The van der Waals surface area contributed by atoms with Gasteiger partial charge in [0.25, 0.3) is 0 Å². The molecule has 5 aromatic rings. The minimum absolute atomic E-state index is 0.412. The summed E-state index contributed by atoms with van der Waals surface area (Å²) < 4.78 is 13.1. The summed E-state index contributed by atoms with van der Waals surface area (Å²) in [7, 11) is 0. The Morgan fingerprint density at radius 1 is 0.912 bits per heavy atom. The van der Waals surface area contributed by atoms with Gasteiger partial charge in [0.15, 0.2) is 5.58 Å². The van der Waals surface area contributed by atoms with E-state index in [2.05, 4.69) is 41.8 Å². The Bertz CT molecular complexity index is 1530. The van der Waals surface area contributed by atoms with Gasteiger partial charge in [-0.2, -0.15) is 0 Å². The third-order valence-electron chi connectivity index (χ3n) is 4.99. The van der Waals surface area contributed by atoms with Crippen molar-refractivity contribution in [3.05, 3.63) is 111 Å². The molecule has 0 amide bonds. The molecule has 5 rings (SSSR count). The van der Waals surface area contributed by atoms with Crippen LogP contribution in [0, 0.1) is 0 Å². The fourth-order valence-electron chi connectivity index (χ4n) is 3.30. The maximum atomic E-state index is 12.3. The smallest absolute Gasteiger partial charge is 0.343 e. The van der Waals surface area contributed by atoms with Crippen molar-refractivity contribution in [3.8, 4) is 17.2 Å². The molecule has 0 aliphatic heterocycles. The molecule has 0 bridgehead atoms. The molecule has 34 heavy (non-hydrogen) atoms. The Morgan fingerprint density at radius 2 is 1.74 bits per heavy atom. The largest absolute Gasteiger partial charge is 0.436 e. The number of fused-ring (bicyclic) bond motifs is 1. The van der Waals surface area contributed by atoms with Crippen LogP contribution < -0.4 is 4.74 Å². The zero-order valence-electron chi connectivity index (χ0n) is 17.6. The summed E-state index contributed by atoms with van der Waals surface area (Å²) in [5.74, 6) is 0.605. The first-order valence-electron chi connectivity index (χ1n) is 10.3. The van der Waals surface area contributed by atoms with E-state index < -0.39 is 5.97 Å². The summed E-state index contributed by atoms with van der Waals surface area (Å²) in [5, 5.41) is 0. The number of carbonyl (C=O) groups is 1. The summed E-state index contributed by atoms with van der Waals surface area (Å²) in [4.78, 5) is 21.4. The van der Waals surface area contributed by atoms with Crippen LogP contribution in [0.3, 0.4) is 0 Å². The van der Waals surface area contributed by atoms with Gasteiger partial charge in [-0.15, -0.1) is 0 Å². The number of oxazole rings is 1. The topological polar surface area (TPSA) is 64.7 Å². The van der Waals surface area contributed by atoms with Crippen molar-refractivity contribution in [1.82, 2.24) is 4.98 Å². The van der Waals surface area contributed by atoms with Crippen molar-refractivity contribution >= 4 is 60.8 Å². The van der Waals surface area contributed by atoms with Gasteiger partial charge in [-0.1, -0.05) is 34.1 Å². The van der Waals surface area contributed by atoms with E-state index in [1.807, 2.05) is 60.7 Å². The van der Waals surface area contributed by atoms with Crippen LogP contribution >= 0.6 is 31.9 Å². The molecule has 0 saturated carbocycles. The van der Waals surface area contributed by atoms with E-state index in [4.69, 9.17) is 9.15 Å². The minimum atomic E-state index is -0.412. The zero-order chi connectivity index (χ0) is 23.5. The second-order valence-electron chi connectivity index (χ2n) is 7.38. The molecule has 0 aliphatic rings. The van der Waals surface area contributed by atoms with E-state index in [1.165, 1.54) is 0 Å².